The minimum atomic E-state index is -0.683. The number of para-hydroxylation sites is 1. The Hall–Kier alpha value is -3.61. The van der Waals surface area contributed by atoms with Crippen molar-refractivity contribution < 1.29 is 24.5 Å². The van der Waals surface area contributed by atoms with Crippen molar-refractivity contribution in [3.63, 3.8) is 0 Å². The average molecular weight is 338 g/mol. The summed E-state index contributed by atoms with van der Waals surface area (Å²) in [6, 6.07) is 12.0. The van der Waals surface area contributed by atoms with E-state index < -0.39 is 18.4 Å². The fourth-order valence-corrected chi connectivity index (χ4v) is 2.30. The van der Waals surface area contributed by atoms with Crippen LogP contribution >= 0.6 is 0 Å². The van der Waals surface area contributed by atoms with E-state index in [0.29, 0.717) is 5.69 Å². The lowest BCUT2D eigenvalue weighted by Crippen LogP contribution is -2.16. The molecular formula is C18H14N2O5. The van der Waals surface area contributed by atoms with Gasteiger partial charge in [-0.2, -0.15) is 5.10 Å². The van der Waals surface area contributed by atoms with Gasteiger partial charge in [0.1, 0.15) is 11.5 Å². The van der Waals surface area contributed by atoms with Crippen LogP contribution in [0.3, 0.4) is 0 Å². The molecule has 0 fully saturated rings. The van der Waals surface area contributed by atoms with Gasteiger partial charge in [0.15, 0.2) is 6.61 Å². The topological polar surface area (TPSA) is 102 Å². The molecule has 7 nitrogen and oxygen atoms in total. The zero-order valence-corrected chi connectivity index (χ0v) is 13.0. The highest BCUT2D eigenvalue weighted by atomic mass is 16.5. The normalized spacial score (nSPS) is 10.4. The van der Waals surface area contributed by atoms with Crippen LogP contribution in [0.15, 0.2) is 60.9 Å². The van der Waals surface area contributed by atoms with Crippen LogP contribution in [0.5, 0.6) is 11.5 Å². The SMILES string of the molecule is O=C(COC(=O)c1ccccc1-n1cccn1)c1ccc(O)cc1O. The van der Waals surface area contributed by atoms with Gasteiger partial charge in [0.2, 0.25) is 5.78 Å². The maximum atomic E-state index is 12.3. The number of carbonyl (C=O) groups is 2. The maximum absolute atomic E-state index is 12.3. The molecule has 0 atom stereocenters. The third-order valence-electron chi connectivity index (χ3n) is 3.49. The van der Waals surface area contributed by atoms with E-state index in [4.69, 9.17) is 4.74 Å². The summed E-state index contributed by atoms with van der Waals surface area (Å²) in [6.07, 6.45) is 3.27. The third kappa shape index (κ3) is 3.50. The molecule has 0 saturated heterocycles. The highest BCUT2D eigenvalue weighted by molar-refractivity contribution is 6.02. The minimum absolute atomic E-state index is 0.0361. The first-order valence-corrected chi connectivity index (χ1v) is 7.37. The molecule has 2 aromatic carbocycles. The molecule has 1 aromatic heterocycles. The van der Waals surface area contributed by atoms with Gasteiger partial charge in [-0.3, -0.25) is 4.79 Å². The van der Waals surface area contributed by atoms with E-state index in [1.807, 2.05) is 0 Å². The summed E-state index contributed by atoms with van der Waals surface area (Å²) in [5, 5.41) is 23.0. The van der Waals surface area contributed by atoms with Gasteiger partial charge in [0, 0.05) is 18.5 Å². The monoisotopic (exact) mass is 338 g/mol. The molecule has 0 aliphatic carbocycles. The van der Waals surface area contributed by atoms with E-state index in [0.717, 1.165) is 6.07 Å². The van der Waals surface area contributed by atoms with Crippen LogP contribution in [-0.2, 0) is 4.74 Å². The Morgan fingerprint density at radius 1 is 1.04 bits per heavy atom. The van der Waals surface area contributed by atoms with Crippen molar-refractivity contribution in [2.45, 2.75) is 0 Å². The van der Waals surface area contributed by atoms with Crippen LogP contribution in [-0.4, -0.2) is 38.4 Å². The number of hydrogen-bond donors (Lipinski definition) is 2. The van der Waals surface area contributed by atoms with Crippen molar-refractivity contribution in [1.29, 1.82) is 0 Å². The number of hydrogen-bond acceptors (Lipinski definition) is 6. The summed E-state index contributed by atoms with van der Waals surface area (Å²) in [5.74, 6) is -1.81. The number of phenolic OH excluding ortho intramolecular Hbond substituents is 2. The molecule has 3 rings (SSSR count). The van der Waals surface area contributed by atoms with Gasteiger partial charge in [0.05, 0.1) is 16.8 Å². The summed E-state index contributed by atoms with van der Waals surface area (Å²) in [5.41, 5.74) is 0.748. The number of aromatic nitrogens is 2. The molecule has 0 saturated carbocycles. The number of ketones is 1. The lowest BCUT2D eigenvalue weighted by atomic mass is 10.1. The first kappa shape index (κ1) is 16.3. The summed E-state index contributed by atoms with van der Waals surface area (Å²) in [7, 11) is 0. The third-order valence-corrected chi connectivity index (χ3v) is 3.49. The van der Waals surface area contributed by atoms with Crippen molar-refractivity contribution in [2.75, 3.05) is 6.61 Å². The first-order valence-electron chi connectivity index (χ1n) is 7.37. The van der Waals surface area contributed by atoms with Gasteiger partial charge in [-0.05, 0) is 30.3 Å². The molecule has 25 heavy (non-hydrogen) atoms. The number of benzene rings is 2. The fraction of sp³-hybridized carbons (Fsp3) is 0.0556. The molecule has 0 bridgehead atoms. The molecule has 3 aromatic rings. The van der Waals surface area contributed by atoms with E-state index in [9.17, 15) is 19.8 Å². The fourth-order valence-electron chi connectivity index (χ4n) is 2.30. The molecule has 0 aliphatic rings. The van der Waals surface area contributed by atoms with Crippen LogP contribution in [0.1, 0.15) is 20.7 Å². The van der Waals surface area contributed by atoms with Gasteiger partial charge in [-0.15, -0.1) is 0 Å². The standard InChI is InChI=1S/C18H14N2O5/c21-12-6-7-14(16(22)10-12)17(23)11-25-18(24)13-4-1-2-5-15(13)20-9-3-8-19-20/h1-10,21-22H,11H2. The molecule has 0 radical (unpaired) electrons. The smallest absolute Gasteiger partial charge is 0.340 e. The van der Waals surface area contributed by atoms with Gasteiger partial charge in [0.25, 0.3) is 0 Å². The zero-order valence-electron chi connectivity index (χ0n) is 13.0. The average Bonchev–Trinajstić information content (AvgIpc) is 3.14. The molecule has 0 spiro atoms. The van der Waals surface area contributed by atoms with E-state index in [1.165, 1.54) is 16.8 Å². The molecule has 0 unspecified atom stereocenters. The Kier molecular flexibility index (Phi) is 4.47. The van der Waals surface area contributed by atoms with Gasteiger partial charge in [-0.25, -0.2) is 9.48 Å². The van der Waals surface area contributed by atoms with E-state index >= 15 is 0 Å². The van der Waals surface area contributed by atoms with Crippen LogP contribution < -0.4 is 0 Å². The number of Topliss-reactive ketones (excluding diaryl/α,β-unsaturated/α-hetero) is 1. The highest BCUT2D eigenvalue weighted by Gasteiger charge is 2.18. The second-order valence-corrected chi connectivity index (χ2v) is 5.17. The Bertz CT molecular complexity index is 919. The molecule has 0 aliphatic heterocycles. The van der Waals surface area contributed by atoms with Crippen molar-refractivity contribution in [2.24, 2.45) is 0 Å². The zero-order chi connectivity index (χ0) is 17.8. The maximum Gasteiger partial charge on any atom is 0.340 e. The largest absolute Gasteiger partial charge is 0.508 e. The lowest BCUT2D eigenvalue weighted by molar-refractivity contribution is 0.0473. The summed E-state index contributed by atoms with van der Waals surface area (Å²) < 4.78 is 6.58. The van der Waals surface area contributed by atoms with E-state index in [-0.39, 0.29) is 22.6 Å². The second-order valence-electron chi connectivity index (χ2n) is 5.17. The number of carbonyl (C=O) groups excluding carboxylic acids is 2. The summed E-state index contributed by atoms with van der Waals surface area (Å²) in [6.45, 7) is -0.537. The number of aromatic hydroxyl groups is 2. The number of ether oxygens (including phenoxy) is 1. The van der Waals surface area contributed by atoms with Crippen LogP contribution in [0, 0.1) is 0 Å². The quantitative estimate of drug-likeness (QED) is 0.547. The Balaban J connectivity index is 1.74. The van der Waals surface area contributed by atoms with E-state index in [2.05, 4.69) is 5.10 Å². The van der Waals surface area contributed by atoms with Crippen LogP contribution in [0.2, 0.25) is 0 Å². The van der Waals surface area contributed by atoms with Gasteiger partial charge < -0.3 is 14.9 Å². The molecule has 2 N–H and O–H groups in total. The second kappa shape index (κ2) is 6.88. The van der Waals surface area contributed by atoms with Gasteiger partial charge in [-0.1, -0.05) is 12.1 Å². The molecule has 1 heterocycles. The molecule has 126 valence electrons. The summed E-state index contributed by atoms with van der Waals surface area (Å²) in [4.78, 5) is 24.4. The Morgan fingerprint density at radius 2 is 1.84 bits per heavy atom. The Morgan fingerprint density at radius 3 is 2.56 bits per heavy atom. The van der Waals surface area contributed by atoms with E-state index in [1.54, 1.807) is 42.7 Å². The van der Waals surface area contributed by atoms with Crippen molar-refractivity contribution in [3.05, 3.63) is 72.1 Å². The number of phenols is 2. The highest BCUT2D eigenvalue weighted by Crippen LogP contribution is 2.23. The first-order chi connectivity index (χ1) is 12.1. The lowest BCUT2D eigenvalue weighted by Gasteiger charge is -2.10. The van der Waals surface area contributed by atoms with Crippen molar-refractivity contribution in [3.8, 4) is 17.2 Å². The predicted octanol–water partition coefficient (Wildman–Crippen LogP) is 2.32. The molecule has 0 amide bonds. The summed E-state index contributed by atoms with van der Waals surface area (Å²) >= 11 is 0. The van der Waals surface area contributed by atoms with Crippen molar-refractivity contribution >= 4 is 11.8 Å². The Labute approximate surface area is 142 Å². The van der Waals surface area contributed by atoms with Crippen molar-refractivity contribution in [1.82, 2.24) is 9.78 Å². The molecular weight excluding hydrogens is 324 g/mol. The number of rotatable bonds is 5. The van der Waals surface area contributed by atoms with Gasteiger partial charge >= 0.3 is 5.97 Å². The van der Waals surface area contributed by atoms with Crippen LogP contribution in [0.4, 0.5) is 0 Å². The van der Waals surface area contributed by atoms with Crippen LogP contribution in [0.25, 0.3) is 5.69 Å². The number of esters is 1. The predicted molar refractivity (Wildman–Crippen MR) is 87.9 cm³/mol. The molecule has 7 heteroatoms. The number of nitrogens with zero attached hydrogens (tertiary/aromatic N) is 2. The minimum Gasteiger partial charge on any atom is -0.508 e.